The van der Waals surface area contributed by atoms with Gasteiger partial charge in [0.25, 0.3) is 0 Å². The number of aldehydes is 1. The van der Waals surface area contributed by atoms with Crippen LogP contribution in [-0.4, -0.2) is 13.4 Å². The Kier molecular flexibility index (Phi) is 4.11. The first kappa shape index (κ1) is 10.7. The van der Waals surface area contributed by atoms with Gasteiger partial charge in [-0.05, 0) is 24.5 Å². The van der Waals surface area contributed by atoms with Crippen LogP contribution in [0.4, 0.5) is 4.39 Å². The van der Waals surface area contributed by atoms with E-state index in [-0.39, 0.29) is 11.6 Å². The molecule has 0 fully saturated rings. The molecule has 0 radical (unpaired) electrons. The number of benzene rings is 1. The lowest BCUT2D eigenvalue weighted by Crippen LogP contribution is -1.95. The lowest BCUT2D eigenvalue weighted by Gasteiger charge is -2.05. The Bertz CT molecular complexity index is 310. The van der Waals surface area contributed by atoms with Gasteiger partial charge in [0.05, 0.1) is 7.11 Å². The normalized spacial score (nSPS) is 9.86. The summed E-state index contributed by atoms with van der Waals surface area (Å²) < 4.78 is 18.3. The SMILES string of the molecule is COc1cccc(CCCC=O)c1F. The quantitative estimate of drug-likeness (QED) is 0.533. The zero-order chi connectivity index (χ0) is 10.4. The highest BCUT2D eigenvalue weighted by atomic mass is 19.1. The van der Waals surface area contributed by atoms with E-state index >= 15 is 0 Å². The summed E-state index contributed by atoms with van der Waals surface area (Å²) in [6, 6.07) is 5.04. The predicted molar refractivity (Wildman–Crippen MR) is 52.0 cm³/mol. The number of carbonyl (C=O) groups excluding carboxylic acids is 1. The van der Waals surface area contributed by atoms with Crippen LogP contribution in [0.25, 0.3) is 0 Å². The molecule has 0 atom stereocenters. The third-order valence-electron chi connectivity index (χ3n) is 2.03. The summed E-state index contributed by atoms with van der Waals surface area (Å²) in [5.41, 5.74) is 0.603. The molecule has 0 aliphatic heterocycles. The van der Waals surface area contributed by atoms with E-state index in [9.17, 15) is 9.18 Å². The third kappa shape index (κ3) is 2.55. The van der Waals surface area contributed by atoms with Crippen LogP contribution in [0.15, 0.2) is 18.2 Å². The van der Waals surface area contributed by atoms with Gasteiger partial charge in [-0.3, -0.25) is 0 Å². The molecule has 0 spiro atoms. The molecule has 0 aliphatic carbocycles. The lowest BCUT2D eigenvalue weighted by atomic mass is 10.1. The minimum absolute atomic E-state index is 0.258. The molecular weight excluding hydrogens is 183 g/mol. The zero-order valence-electron chi connectivity index (χ0n) is 8.13. The fourth-order valence-corrected chi connectivity index (χ4v) is 1.28. The van der Waals surface area contributed by atoms with E-state index in [1.54, 1.807) is 18.2 Å². The molecule has 1 aromatic carbocycles. The fraction of sp³-hybridized carbons (Fsp3) is 0.364. The predicted octanol–water partition coefficient (Wildman–Crippen LogP) is 2.36. The van der Waals surface area contributed by atoms with Crippen LogP contribution >= 0.6 is 0 Å². The molecule has 2 nitrogen and oxygen atoms in total. The van der Waals surface area contributed by atoms with E-state index < -0.39 is 0 Å². The summed E-state index contributed by atoms with van der Waals surface area (Å²) in [6.07, 6.45) is 2.56. The average Bonchev–Trinajstić information content (AvgIpc) is 2.21. The molecule has 0 saturated heterocycles. The van der Waals surface area contributed by atoms with Crippen molar-refractivity contribution in [3.05, 3.63) is 29.6 Å². The van der Waals surface area contributed by atoms with Crippen LogP contribution in [0.1, 0.15) is 18.4 Å². The van der Waals surface area contributed by atoms with E-state index in [2.05, 4.69) is 0 Å². The largest absolute Gasteiger partial charge is 0.494 e. The minimum atomic E-state index is -0.319. The molecule has 1 aromatic rings. The maximum Gasteiger partial charge on any atom is 0.168 e. The highest BCUT2D eigenvalue weighted by Crippen LogP contribution is 2.20. The monoisotopic (exact) mass is 196 g/mol. The Morgan fingerprint density at radius 3 is 2.93 bits per heavy atom. The smallest absolute Gasteiger partial charge is 0.168 e. The first-order valence-corrected chi connectivity index (χ1v) is 4.54. The summed E-state index contributed by atoms with van der Waals surface area (Å²) in [5.74, 6) is -0.0606. The summed E-state index contributed by atoms with van der Waals surface area (Å²) >= 11 is 0. The number of ether oxygens (including phenoxy) is 1. The van der Waals surface area contributed by atoms with Crippen LogP contribution in [0.5, 0.6) is 5.75 Å². The van der Waals surface area contributed by atoms with E-state index in [0.29, 0.717) is 24.8 Å². The van der Waals surface area contributed by atoms with E-state index in [1.165, 1.54) is 7.11 Å². The molecule has 76 valence electrons. The van der Waals surface area contributed by atoms with Crippen molar-refractivity contribution in [2.24, 2.45) is 0 Å². The van der Waals surface area contributed by atoms with Crippen LogP contribution in [0.2, 0.25) is 0 Å². The molecule has 0 saturated carbocycles. The number of hydrogen-bond acceptors (Lipinski definition) is 2. The number of methoxy groups -OCH3 is 1. The number of halogens is 1. The Hall–Kier alpha value is -1.38. The average molecular weight is 196 g/mol. The maximum atomic E-state index is 13.5. The molecule has 0 aromatic heterocycles. The Labute approximate surface area is 82.7 Å². The molecule has 1 rings (SSSR count). The Morgan fingerprint density at radius 1 is 1.50 bits per heavy atom. The number of unbranched alkanes of at least 4 members (excludes halogenated alkanes) is 1. The van der Waals surface area contributed by atoms with Crippen molar-refractivity contribution in [2.75, 3.05) is 7.11 Å². The van der Waals surface area contributed by atoms with Gasteiger partial charge >= 0.3 is 0 Å². The van der Waals surface area contributed by atoms with Crippen molar-refractivity contribution < 1.29 is 13.9 Å². The summed E-state index contributed by atoms with van der Waals surface area (Å²) in [4.78, 5) is 10.1. The van der Waals surface area contributed by atoms with Crippen molar-refractivity contribution in [3.8, 4) is 5.75 Å². The molecule has 0 aliphatic rings. The Balaban J connectivity index is 2.71. The molecule has 14 heavy (non-hydrogen) atoms. The third-order valence-corrected chi connectivity index (χ3v) is 2.03. The van der Waals surface area contributed by atoms with E-state index in [0.717, 1.165) is 6.29 Å². The first-order chi connectivity index (χ1) is 6.79. The van der Waals surface area contributed by atoms with E-state index in [1.807, 2.05) is 0 Å². The second-order valence-electron chi connectivity index (χ2n) is 2.99. The molecular formula is C11H13FO2. The second-order valence-corrected chi connectivity index (χ2v) is 2.99. The van der Waals surface area contributed by atoms with Gasteiger partial charge in [0.1, 0.15) is 6.29 Å². The van der Waals surface area contributed by atoms with E-state index in [4.69, 9.17) is 4.74 Å². The molecule has 0 amide bonds. The molecule has 0 unspecified atom stereocenters. The van der Waals surface area contributed by atoms with Crippen LogP contribution < -0.4 is 4.74 Å². The summed E-state index contributed by atoms with van der Waals surface area (Å²) in [7, 11) is 1.44. The molecule has 0 N–H and O–H groups in total. The van der Waals surface area contributed by atoms with Gasteiger partial charge in [-0.1, -0.05) is 12.1 Å². The van der Waals surface area contributed by atoms with Gasteiger partial charge in [0.2, 0.25) is 0 Å². The van der Waals surface area contributed by atoms with Gasteiger partial charge in [-0.2, -0.15) is 0 Å². The number of hydrogen-bond donors (Lipinski definition) is 0. The number of rotatable bonds is 5. The van der Waals surface area contributed by atoms with Crippen molar-refractivity contribution in [2.45, 2.75) is 19.3 Å². The van der Waals surface area contributed by atoms with Crippen LogP contribution in [0.3, 0.4) is 0 Å². The lowest BCUT2D eigenvalue weighted by molar-refractivity contribution is -0.107. The maximum absolute atomic E-state index is 13.5. The zero-order valence-corrected chi connectivity index (χ0v) is 8.13. The molecule has 0 bridgehead atoms. The number of aryl methyl sites for hydroxylation is 1. The second kappa shape index (κ2) is 5.37. The minimum Gasteiger partial charge on any atom is -0.494 e. The topological polar surface area (TPSA) is 26.3 Å². The number of carbonyl (C=O) groups is 1. The fourth-order valence-electron chi connectivity index (χ4n) is 1.28. The highest BCUT2D eigenvalue weighted by molar-refractivity contribution is 5.49. The molecule has 3 heteroatoms. The van der Waals surface area contributed by atoms with Crippen LogP contribution in [0, 0.1) is 5.82 Å². The highest BCUT2D eigenvalue weighted by Gasteiger charge is 2.07. The Morgan fingerprint density at radius 2 is 2.29 bits per heavy atom. The standard InChI is InChI=1S/C11H13FO2/c1-14-10-7-4-6-9(11(10)12)5-2-3-8-13/h4,6-8H,2-3,5H2,1H3. The van der Waals surface area contributed by atoms with Gasteiger partial charge in [0, 0.05) is 6.42 Å². The van der Waals surface area contributed by atoms with Crippen molar-refractivity contribution in [1.29, 1.82) is 0 Å². The van der Waals surface area contributed by atoms with Crippen molar-refractivity contribution in [3.63, 3.8) is 0 Å². The van der Waals surface area contributed by atoms with Crippen molar-refractivity contribution in [1.82, 2.24) is 0 Å². The van der Waals surface area contributed by atoms with Crippen molar-refractivity contribution >= 4 is 6.29 Å². The summed E-state index contributed by atoms with van der Waals surface area (Å²) in [6.45, 7) is 0. The molecule has 0 heterocycles. The van der Waals surface area contributed by atoms with Gasteiger partial charge in [0.15, 0.2) is 11.6 Å². The van der Waals surface area contributed by atoms with Crippen LogP contribution in [-0.2, 0) is 11.2 Å². The van der Waals surface area contributed by atoms with Gasteiger partial charge < -0.3 is 9.53 Å². The first-order valence-electron chi connectivity index (χ1n) is 4.54. The van der Waals surface area contributed by atoms with Gasteiger partial charge in [-0.15, -0.1) is 0 Å². The summed E-state index contributed by atoms with van der Waals surface area (Å²) in [5, 5.41) is 0. The van der Waals surface area contributed by atoms with Gasteiger partial charge in [-0.25, -0.2) is 4.39 Å².